The van der Waals surface area contributed by atoms with E-state index < -0.39 is 11.6 Å². The van der Waals surface area contributed by atoms with E-state index in [2.05, 4.69) is 15.3 Å². The highest BCUT2D eigenvalue weighted by atomic mass is 19.1. The summed E-state index contributed by atoms with van der Waals surface area (Å²) >= 11 is 0. The van der Waals surface area contributed by atoms with Gasteiger partial charge in [0, 0.05) is 0 Å². The number of nitrogens with zero attached hydrogens (tertiary/aromatic N) is 3. The van der Waals surface area contributed by atoms with Crippen molar-refractivity contribution >= 4 is 11.6 Å². The van der Waals surface area contributed by atoms with Crippen LogP contribution in [0.1, 0.15) is 5.56 Å². The van der Waals surface area contributed by atoms with Crippen LogP contribution in [-0.4, -0.2) is 9.97 Å². The lowest BCUT2D eigenvalue weighted by Gasteiger charge is -2.05. The molecule has 0 unspecified atom stereocenters. The Labute approximate surface area is 95.6 Å². The molecule has 2 rings (SSSR count). The van der Waals surface area contributed by atoms with Crippen LogP contribution in [-0.2, 0) is 0 Å². The molecule has 0 saturated heterocycles. The van der Waals surface area contributed by atoms with Gasteiger partial charge < -0.3 is 5.32 Å². The number of nitriles is 1. The number of aromatic nitrogens is 2. The SMILES string of the molecule is N#Cc1ccc(F)cc1Nc1ncc(F)cn1. The number of hydrogen-bond acceptors (Lipinski definition) is 4. The summed E-state index contributed by atoms with van der Waals surface area (Å²) in [6.45, 7) is 0. The molecule has 1 heterocycles. The third-order valence-electron chi connectivity index (χ3n) is 1.97. The van der Waals surface area contributed by atoms with Crippen molar-refractivity contribution < 1.29 is 8.78 Å². The molecule has 6 heteroatoms. The van der Waals surface area contributed by atoms with Gasteiger partial charge in [-0.3, -0.25) is 0 Å². The van der Waals surface area contributed by atoms with E-state index in [0.29, 0.717) is 0 Å². The minimum Gasteiger partial charge on any atom is -0.323 e. The van der Waals surface area contributed by atoms with E-state index >= 15 is 0 Å². The Hall–Kier alpha value is -2.55. The fourth-order valence-electron chi connectivity index (χ4n) is 1.21. The fourth-order valence-corrected chi connectivity index (χ4v) is 1.21. The Morgan fingerprint density at radius 2 is 1.82 bits per heavy atom. The largest absolute Gasteiger partial charge is 0.323 e. The van der Waals surface area contributed by atoms with Gasteiger partial charge in [0.2, 0.25) is 5.95 Å². The molecule has 2 aromatic rings. The third kappa shape index (κ3) is 2.52. The molecule has 1 aromatic carbocycles. The molecule has 0 aliphatic carbocycles. The van der Waals surface area contributed by atoms with Crippen molar-refractivity contribution in [2.75, 3.05) is 5.32 Å². The quantitative estimate of drug-likeness (QED) is 0.863. The molecule has 0 bridgehead atoms. The number of hydrogen-bond donors (Lipinski definition) is 1. The van der Waals surface area contributed by atoms with Gasteiger partial charge in [0.05, 0.1) is 23.6 Å². The smallest absolute Gasteiger partial charge is 0.227 e. The maximum absolute atomic E-state index is 13.0. The zero-order chi connectivity index (χ0) is 12.3. The molecule has 1 N–H and O–H groups in total. The number of anilines is 2. The highest BCUT2D eigenvalue weighted by molar-refractivity contribution is 5.62. The number of nitrogens with one attached hydrogen (secondary N) is 1. The minimum absolute atomic E-state index is 0.0912. The van der Waals surface area contributed by atoms with E-state index in [0.717, 1.165) is 18.5 Å². The molecule has 4 nitrogen and oxygen atoms in total. The molecule has 0 aliphatic rings. The van der Waals surface area contributed by atoms with E-state index in [9.17, 15) is 8.78 Å². The third-order valence-corrected chi connectivity index (χ3v) is 1.97. The molecule has 0 saturated carbocycles. The number of benzene rings is 1. The van der Waals surface area contributed by atoms with Crippen LogP contribution in [0.2, 0.25) is 0 Å². The van der Waals surface area contributed by atoms with Gasteiger partial charge in [-0.1, -0.05) is 0 Å². The molecule has 0 radical (unpaired) electrons. The molecule has 0 fully saturated rings. The molecular formula is C11H6F2N4. The molecular weight excluding hydrogens is 226 g/mol. The summed E-state index contributed by atoms with van der Waals surface area (Å²) in [7, 11) is 0. The first-order valence-corrected chi connectivity index (χ1v) is 4.63. The van der Waals surface area contributed by atoms with Crippen molar-refractivity contribution in [3.8, 4) is 6.07 Å². The van der Waals surface area contributed by atoms with Gasteiger partial charge in [0.25, 0.3) is 0 Å². The van der Waals surface area contributed by atoms with Crippen molar-refractivity contribution in [3.63, 3.8) is 0 Å². The van der Waals surface area contributed by atoms with Crippen molar-refractivity contribution in [1.29, 1.82) is 5.26 Å². The lowest BCUT2D eigenvalue weighted by molar-refractivity contribution is 0.614. The Morgan fingerprint density at radius 1 is 1.12 bits per heavy atom. The second kappa shape index (κ2) is 4.53. The fraction of sp³-hybridized carbons (Fsp3) is 0. The summed E-state index contributed by atoms with van der Waals surface area (Å²) in [5, 5.41) is 11.5. The minimum atomic E-state index is -0.574. The Kier molecular flexibility index (Phi) is 2.92. The summed E-state index contributed by atoms with van der Waals surface area (Å²) in [6.07, 6.45) is 1.95. The van der Waals surface area contributed by atoms with Gasteiger partial charge in [-0.05, 0) is 18.2 Å². The van der Waals surface area contributed by atoms with Crippen molar-refractivity contribution in [2.24, 2.45) is 0 Å². The molecule has 17 heavy (non-hydrogen) atoms. The summed E-state index contributed by atoms with van der Waals surface area (Å²) < 4.78 is 25.6. The van der Waals surface area contributed by atoms with Crippen molar-refractivity contribution in [1.82, 2.24) is 9.97 Å². The maximum Gasteiger partial charge on any atom is 0.227 e. The van der Waals surface area contributed by atoms with Crippen LogP contribution >= 0.6 is 0 Å². The number of rotatable bonds is 2. The molecule has 0 spiro atoms. The van der Waals surface area contributed by atoms with Crippen LogP contribution in [0.5, 0.6) is 0 Å². The summed E-state index contributed by atoms with van der Waals surface area (Å²) in [6, 6.07) is 5.55. The normalized spacial score (nSPS) is 9.71. The monoisotopic (exact) mass is 232 g/mol. The summed E-state index contributed by atoms with van der Waals surface area (Å²) in [5.41, 5.74) is 0.485. The molecule has 0 aliphatic heterocycles. The van der Waals surface area contributed by atoms with E-state index in [1.54, 1.807) is 0 Å². The standard InChI is InChI=1S/C11H6F2N4/c12-8-2-1-7(4-14)10(3-8)17-11-15-5-9(13)6-16-11/h1-3,5-6H,(H,15,16,17). The maximum atomic E-state index is 13.0. The van der Waals surface area contributed by atoms with Crippen LogP contribution in [0.25, 0.3) is 0 Å². The molecule has 1 aromatic heterocycles. The molecule has 0 amide bonds. The first-order valence-electron chi connectivity index (χ1n) is 4.63. The average molecular weight is 232 g/mol. The van der Waals surface area contributed by atoms with Crippen molar-refractivity contribution in [3.05, 3.63) is 47.8 Å². The first-order chi connectivity index (χ1) is 8.19. The van der Waals surface area contributed by atoms with Gasteiger partial charge in [-0.15, -0.1) is 0 Å². The van der Waals surface area contributed by atoms with Crippen molar-refractivity contribution in [2.45, 2.75) is 0 Å². The highest BCUT2D eigenvalue weighted by Crippen LogP contribution is 2.19. The van der Waals surface area contributed by atoms with Gasteiger partial charge in [-0.25, -0.2) is 18.7 Å². The highest BCUT2D eigenvalue weighted by Gasteiger charge is 2.05. The lowest BCUT2D eigenvalue weighted by atomic mass is 10.2. The predicted octanol–water partition coefficient (Wildman–Crippen LogP) is 2.37. The lowest BCUT2D eigenvalue weighted by Crippen LogP contribution is -1.99. The number of halogens is 2. The van der Waals surface area contributed by atoms with E-state index in [1.165, 1.54) is 12.1 Å². The predicted molar refractivity (Wildman–Crippen MR) is 56.4 cm³/mol. The average Bonchev–Trinajstić information content (AvgIpc) is 2.32. The van der Waals surface area contributed by atoms with E-state index in [1.807, 2.05) is 6.07 Å². The summed E-state index contributed by atoms with van der Waals surface area (Å²) in [5.74, 6) is -0.975. The van der Waals surface area contributed by atoms with Gasteiger partial charge in [-0.2, -0.15) is 5.26 Å². The van der Waals surface area contributed by atoms with Crippen LogP contribution in [0, 0.1) is 23.0 Å². The second-order valence-electron chi connectivity index (χ2n) is 3.15. The first kappa shape index (κ1) is 11.0. The van der Waals surface area contributed by atoms with E-state index in [4.69, 9.17) is 5.26 Å². The van der Waals surface area contributed by atoms with E-state index in [-0.39, 0.29) is 17.2 Å². The molecule has 0 atom stereocenters. The van der Waals surface area contributed by atoms with Crippen LogP contribution in [0.3, 0.4) is 0 Å². The Morgan fingerprint density at radius 3 is 2.47 bits per heavy atom. The Balaban J connectivity index is 2.32. The van der Waals surface area contributed by atoms with Crippen LogP contribution < -0.4 is 5.32 Å². The van der Waals surface area contributed by atoms with Gasteiger partial charge in [0.1, 0.15) is 11.9 Å². The van der Waals surface area contributed by atoms with Gasteiger partial charge >= 0.3 is 0 Å². The summed E-state index contributed by atoms with van der Waals surface area (Å²) in [4.78, 5) is 7.30. The van der Waals surface area contributed by atoms with Crippen LogP contribution in [0.4, 0.5) is 20.4 Å². The Bertz CT molecular complexity index is 575. The zero-order valence-corrected chi connectivity index (χ0v) is 8.48. The second-order valence-corrected chi connectivity index (χ2v) is 3.15. The molecule has 84 valence electrons. The topological polar surface area (TPSA) is 61.6 Å². The van der Waals surface area contributed by atoms with Crippen LogP contribution in [0.15, 0.2) is 30.6 Å². The zero-order valence-electron chi connectivity index (χ0n) is 8.48. The van der Waals surface area contributed by atoms with Gasteiger partial charge in [0.15, 0.2) is 5.82 Å².